The number of rotatable bonds is 5. The van der Waals surface area contributed by atoms with Crippen LogP contribution in [0.2, 0.25) is 0 Å². The van der Waals surface area contributed by atoms with E-state index >= 15 is 0 Å². The van der Waals surface area contributed by atoms with Crippen LogP contribution < -0.4 is 0 Å². The summed E-state index contributed by atoms with van der Waals surface area (Å²) >= 11 is 3.45. The third-order valence-electron chi connectivity index (χ3n) is 4.53. The lowest BCUT2D eigenvalue weighted by Gasteiger charge is -2.20. The highest BCUT2D eigenvalue weighted by molar-refractivity contribution is 9.10. The molecule has 0 amide bonds. The number of hydrogen-bond donors (Lipinski definition) is 2. The van der Waals surface area contributed by atoms with E-state index in [1.165, 1.54) is 5.56 Å². The standard InChI is InChI=1S/C19H22BrNO2/c20-18-7-5-16(6-8-18)15-1-3-17(4-2-15)19(23)12-21-10-9-14(11-21)13-22/h1-8,14,19,22-23H,9-13H2/t14?,19-/m0/s1. The van der Waals surface area contributed by atoms with E-state index in [1.807, 2.05) is 24.3 Å². The summed E-state index contributed by atoms with van der Waals surface area (Å²) in [6.45, 7) is 2.71. The first-order chi connectivity index (χ1) is 11.2. The molecule has 1 heterocycles. The van der Waals surface area contributed by atoms with Crippen LogP contribution >= 0.6 is 15.9 Å². The molecule has 1 aliphatic heterocycles. The van der Waals surface area contributed by atoms with Crippen LogP contribution in [-0.4, -0.2) is 41.4 Å². The van der Waals surface area contributed by atoms with Crippen LogP contribution in [0.3, 0.4) is 0 Å². The smallest absolute Gasteiger partial charge is 0.0916 e. The van der Waals surface area contributed by atoms with Crippen molar-refractivity contribution in [3.8, 4) is 11.1 Å². The average Bonchev–Trinajstić information content (AvgIpc) is 3.03. The van der Waals surface area contributed by atoms with Crippen molar-refractivity contribution in [1.29, 1.82) is 0 Å². The quantitative estimate of drug-likeness (QED) is 0.840. The Morgan fingerprint density at radius 2 is 1.65 bits per heavy atom. The van der Waals surface area contributed by atoms with E-state index in [-0.39, 0.29) is 6.61 Å². The summed E-state index contributed by atoms with van der Waals surface area (Å²) in [6, 6.07) is 16.3. The predicted octanol–water partition coefficient (Wildman–Crippen LogP) is 3.46. The van der Waals surface area contributed by atoms with Gasteiger partial charge in [0, 0.05) is 24.2 Å². The van der Waals surface area contributed by atoms with Gasteiger partial charge < -0.3 is 15.1 Å². The highest BCUT2D eigenvalue weighted by Gasteiger charge is 2.23. The van der Waals surface area contributed by atoms with Gasteiger partial charge in [-0.15, -0.1) is 0 Å². The largest absolute Gasteiger partial charge is 0.396 e. The van der Waals surface area contributed by atoms with Crippen LogP contribution in [0.15, 0.2) is 53.0 Å². The minimum atomic E-state index is -0.480. The van der Waals surface area contributed by atoms with Crippen molar-refractivity contribution in [2.75, 3.05) is 26.2 Å². The first-order valence-electron chi connectivity index (χ1n) is 8.03. The summed E-state index contributed by atoms with van der Waals surface area (Å²) in [5, 5.41) is 19.6. The molecule has 1 aliphatic rings. The average molecular weight is 376 g/mol. The molecule has 0 aromatic heterocycles. The summed E-state index contributed by atoms with van der Waals surface area (Å²) in [4.78, 5) is 2.23. The summed E-state index contributed by atoms with van der Waals surface area (Å²) in [7, 11) is 0. The molecule has 0 bridgehead atoms. The Labute approximate surface area is 145 Å². The molecule has 0 radical (unpaired) electrons. The molecule has 4 heteroatoms. The molecule has 3 rings (SSSR count). The van der Waals surface area contributed by atoms with Gasteiger partial charge in [-0.2, -0.15) is 0 Å². The number of halogens is 1. The van der Waals surface area contributed by atoms with Crippen molar-refractivity contribution in [3.05, 3.63) is 58.6 Å². The first-order valence-corrected chi connectivity index (χ1v) is 8.82. The number of aliphatic hydroxyl groups is 2. The molecule has 1 saturated heterocycles. The summed E-state index contributed by atoms with van der Waals surface area (Å²) in [5.74, 6) is 0.363. The van der Waals surface area contributed by atoms with Crippen LogP contribution in [0, 0.1) is 5.92 Å². The van der Waals surface area contributed by atoms with E-state index in [1.54, 1.807) is 0 Å². The summed E-state index contributed by atoms with van der Waals surface area (Å²) < 4.78 is 1.07. The van der Waals surface area contributed by atoms with Crippen molar-refractivity contribution in [2.24, 2.45) is 5.92 Å². The van der Waals surface area contributed by atoms with Gasteiger partial charge in [-0.1, -0.05) is 52.3 Å². The Morgan fingerprint density at radius 1 is 1.04 bits per heavy atom. The van der Waals surface area contributed by atoms with E-state index in [0.29, 0.717) is 12.5 Å². The van der Waals surface area contributed by atoms with E-state index in [9.17, 15) is 10.2 Å². The minimum absolute atomic E-state index is 0.245. The third-order valence-corrected chi connectivity index (χ3v) is 5.06. The van der Waals surface area contributed by atoms with E-state index in [4.69, 9.17) is 0 Å². The van der Waals surface area contributed by atoms with Gasteiger partial charge in [0.25, 0.3) is 0 Å². The maximum Gasteiger partial charge on any atom is 0.0916 e. The van der Waals surface area contributed by atoms with Crippen molar-refractivity contribution < 1.29 is 10.2 Å². The molecule has 3 nitrogen and oxygen atoms in total. The first kappa shape index (κ1) is 16.7. The number of hydrogen-bond acceptors (Lipinski definition) is 3. The highest BCUT2D eigenvalue weighted by Crippen LogP contribution is 2.25. The molecule has 0 aliphatic carbocycles. The monoisotopic (exact) mass is 375 g/mol. The Morgan fingerprint density at radius 3 is 2.22 bits per heavy atom. The molecule has 2 atom stereocenters. The van der Waals surface area contributed by atoms with Gasteiger partial charge in [0.05, 0.1) is 6.10 Å². The molecular formula is C19H22BrNO2. The van der Waals surface area contributed by atoms with Crippen molar-refractivity contribution in [2.45, 2.75) is 12.5 Å². The van der Waals surface area contributed by atoms with Crippen molar-refractivity contribution >= 4 is 15.9 Å². The fourth-order valence-electron chi connectivity index (χ4n) is 3.12. The minimum Gasteiger partial charge on any atom is -0.396 e. The summed E-state index contributed by atoms with van der Waals surface area (Å²) in [6.07, 6.45) is 0.539. The molecule has 2 N–H and O–H groups in total. The fraction of sp³-hybridized carbons (Fsp3) is 0.368. The molecule has 1 fully saturated rings. The van der Waals surface area contributed by atoms with Gasteiger partial charge in [0.1, 0.15) is 0 Å². The fourth-order valence-corrected chi connectivity index (χ4v) is 3.38. The highest BCUT2D eigenvalue weighted by atomic mass is 79.9. The van der Waals surface area contributed by atoms with Crippen LogP contribution in [-0.2, 0) is 0 Å². The second-order valence-electron chi connectivity index (χ2n) is 6.24. The number of nitrogens with zero attached hydrogens (tertiary/aromatic N) is 1. The normalized spacial score (nSPS) is 19.9. The number of likely N-dealkylation sites (tertiary alicyclic amines) is 1. The van der Waals surface area contributed by atoms with Crippen LogP contribution in [0.5, 0.6) is 0 Å². The molecule has 2 aromatic carbocycles. The number of benzene rings is 2. The molecule has 1 unspecified atom stereocenters. The lowest BCUT2D eigenvalue weighted by Crippen LogP contribution is -2.27. The zero-order valence-corrected chi connectivity index (χ0v) is 14.6. The molecule has 0 spiro atoms. The van der Waals surface area contributed by atoms with E-state index in [2.05, 4.69) is 45.1 Å². The maximum atomic E-state index is 10.4. The van der Waals surface area contributed by atoms with E-state index < -0.39 is 6.10 Å². The second kappa shape index (κ2) is 7.58. The Bertz CT molecular complexity index is 627. The van der Waals surface area contributed by atoms with Gasteiger partial charge in [-0.25, -0.2) is 0 Å². The molecule has 2 aromatic rings. The van der Waals surface area contributed by atoms with Crippen molar-refractivity contribution in [3.63, 3.8) is 0 Å². The van der Waals surface area contributed by atoms with Gasteiger partial charge in [-0.3, -0.25) is 0 Å². The Hall–Kier alpha value is -1.20. The summed E-state index contributed by atoms with van der Waals surface area (Å²) in [5.41, 5.74) is 3.26. The van der Waals surface area contributed by atoms with Crippen LogP contribution in [0.1, 0.15) is 18.1 Å². The molecule has 0 saturated carbocycles. The van der Waals surface area contributed by atoms with Crippen molar-refractivity contribution in [1.82, 2.24) is 4.90 Å². The van der Waals surface area contributed by atoms with Gasteiger partial charge in [-0.05, 0) is 47.7 Å². The Kier molecular flexibility index (Phi) is 5.49. The van der Waals surface area contributed by atoms with Crippen LogP contribution in [0.25, 0.3) is 11.1 Å². The van der Waals surface area contributed by atoms with Crippen LogP contribution in [0.4, 0.5) is 0 Å². The van der Waals surface area contributed by atoms with Gasteiger partial charge in [0.15, 0.2) is 0 Å². The number of β-amino-alcohol motifs (C(OH)–C–C–N with tert-alkyl or cyclic N) is 1. The number of aliphatic hydroxyl groups excluding tert-OH is 2. The lowest BCUT2D eigenvalue weighted by molar-refractivity contribution is 0.121. The topological polar surface area (TPSA) is 43.7 Å². The molecular weight excluding hydrogens is 354 g/mol. The maximum absolute atomic E-state index is 10.4. The van der Waals surface area contributed by atoms with Gasteiger partial charge >= 0.3 is 0 Å². The molecule has 23 heavy (non-hydrogen) atoms. The zero-order valence-electron chi connectivity index (χ0n) is 13.0. The van der Waals surface area contributed by atoms with E-state index in [0.717, 1.165) is 35.1 Å². The lowest BCUT2D eigenvalue weighted by atomic mass is 10.0. The molecule has 122 valence electrons. The van der Waals surface area contributed by atoms with Gasteiger partial charge in [0.2, 0.25) is 0 Å². The predicted molar refractivity (Wildman–Crippen MR) is 96.2 cm³/mol. The third kappa shape index (κ3) is 4.21. The SMILES string of the molecule is OCC1CCN(C[C@H](O)c2ccc(-c3ccc(Br)cc3)cc2)C1. The Balaban J connectivity index is 1.63. The second-order valence-corrected chi connectivity index (χ2v) is 7.16. The zero-order chi connectivity index (χ0) is 16.2.